The molecular weight excluding hydrogens is 478 g/mol. The fourth-order valence-corrected chi connectivity index (χ4v) is 4.12. The summed E-state index contributed by atoms with van der Waals surface area (Å²) in [4.78, 5) is 27.1. The van der Waals surface area contributed by atoms with E-state index in [1.54, 1.807) is 54.6 Å². The van der Waals surface area contributed by atoms with Crippen LogP contribution in [0.25, 0.3) is 11.8 Å². The van der Waals surface area contributed by atoms with Crippen molar-refractivity contribution < 1.29 is 14.7 Å². The van der Waals surface area contributed by atoms with Gasteiger partial charge in [0, 0.05) is 21.5 Å². The number of hydrogen-bond acceptors (Lipinski definition) is 4. The molecule has 0 atom stereocenters. The third-order valence-corrected chi connectivity index (χ3v) is 5.88. The fourth-order valence-electron chi connectivity index (χ4n) is 3.57. The van der Waals surface area contributed by atoms with Crippen LogP contribution in [0.15, 0.2) is 64.6 Å². The van der Waals surface area contributed by atoms with Crippen LogP contribution in [-0.4, -0.2) is 26.6 Å². The van der Waals surface area contributed by atoms with Gasteiger partial charge < -0.3 is 9.67 Å². The number of anilines is 1. The van der Waals surface area contributed by atoms with Gasteiger partial charge in [-0.2, -0.15) is 0 Å². The molecule has 2 aromatic carbocycles. The largest absolute Gasteiger partial charge is 0.508 e. The standard InChI is InChI=1S/C23H18BrN3O3S/c1-13-11-15(14(2)26(13)17-7-9-19(28)10-8-17)12-20-21(29)25-23(31)27(22(20)30)18-5-3-16(24)4-6-18/h3-12,28H,1-2H3,(H,25,29,31)/b20-12-. The molecule has 1 saturated heterocycles. The predicted octanol–water partition coefficient (Wildman–Crippen LogP) is 4.39. The van der Waals surface area contributed by atoms with Gasteiger partial charge in [-0.15, -0.1) is 0 Å². The van der Waals surface area contributed by atoms with Crippen LogP contribution in [-0.2, 0) is 9.59 Å². The van der Waals surface area contributed by atoms with Gasteiger partial charge in [-0.3, -0.25) is 19.8 Å². The van der Waals surface area contributed by atoms with Gasteiger partial charge in [0.1, 0.15) is 11.3 Å². The first-order chi connectivity index (χ1) is 14.8. The number of benzene rings is 2. The molecule has 0 radical (unpaired) electrons. The molecule has 0 bridgehead atoms. The van der Waals surface area contributed by atoms with E-state index in [2.05, 4.69) is 21.2 Å². The summed E-state index contributed by atoms with van der Waals surface area (Å²) in [6.07, 6.45) is 1.59. The summed E-state index contributed by atoms with van der Waals surface area (Å²) in [6, 6.07) is 15.8. The summed E-state index contributed by atoms with van der Waals surface area (Å²) in [7, 11) is 0. The van der Waals surface area contributed by atoms with E-state index in [4.69, 9.17) is 12.2 Å². The molecule has 1 aromatic heterocycles. The number of aromatic nitrogens is 1. The number of phenolic OH excluding ortho intramolecular Hbond substituents is 1. The third kappa shape index (κ3) is 3.92. The van der Waals surface area contributed by atoms with Crippen molar-refractivity contribution in [3.8, 4) is 11.4 Å². The number of nitrogens with one attached hydrogen (secondary N) is 1. The molecule has 8 heteroatoms. The van der Waals surface area contributed by atoms with Crippen LogP contribution in [0.2, 0.25) is 0 Å². The number of carbonyl (C=O) groups is 2. The van der Waals surface area contributed by atoms with Gasteiger partial charge in [0.15, 0.2) is 5.11 Å². The highest BCUT2D eigenvalue weighted by Crippen LogP contribution is 2.27. The normalized spacial score (nSPS) is 15.5. The first-order valence-electron chi connectivity index (χ1n) is 9.41. The SMILES string of the molecule is Cc1cc(/C=C2/C(=O)NC(=S)N(c3ccc(Br)cc3)C2=O)c(C)n1-c1ccc(O)cc1. The molecule has 1 aliphatic rings. The maximum absolute atomic E-state index is 13.2. The smallest absolute Gasteiger partial charge is 0.270 e. The molecule has 2 heterocycles. The van der Waals surface area contributed by atoms with E-state index in [0.717, 1.165) is 27.1 Å². The summed E-state index contributed by atoms with van der Waals surface area (Å²) in [6.45, 7) is 3.85. The monoisotopic (exact) mass is 495 g/mol. The Kier molecular flexibility index (Phi) is 5.51. The highest BCUT2D eigenvalue weighted by molar-refractivity contribution is 9.10. The number of aromatic hydroxyl groups is 1. The molecular formula is C23H18BrN3O3S. The zero-order valence-corrected chi connectivity index (χ0v) is 19.1. The topological polar surface area (TPSA) is 74.6 Å². The molecule has 2 amide bonds. The third-order valence-electron chi connectivity index (χ3n) is 5.06. The lowest BCUT2D eigenvalue weighted by Crippen LogP contribution is -2.54. The van der Waals surface area contributed by atoms with Crippen LogP contribution in [0.1, 0.15) is 17.0 Å². The minimum absolute atomic E-state index is 0.00229. The molecule has 156 valence electrons. The number of carbonyl (C=O) groups excluding carboxylic acids is 2. The van der Waals surface area contributed by atoms with Gasteiger partial charge in [0.25, 0.3) is 11.8 Å². The number of nitrogens with zero attached hydrogens (tertiary/aromatic N) is 2. The maximum atomic E-state index is 13.2. The van der Waals surface area contributed by atoms with Gasteiger partial charge in [-0.05, 0) is 92.3 Å². The molecule has 1 fully saturated rings. The van der Waals surface area contributed by atoms with Crippen LogP contribution in [0.4, 0.5) is 5.69 Å². The minimum Gasteiger partial charge on any atom is -0.508 e. The van der Waals surface area contributed by atoms with Gasteiger partial charge in [-0.1, -0.05) is 15.9 Å². The molecule has 1 aliphatic heterocycles. The Labute approximate surface area is 192 Å². The molecule has 0 saturated carbocycles. The van der Waals surface area contributed by atoms with Crippen molar-refractivity contribution >= 4 is 56.8 Å². The van der Waals surface area contributed by atoms with Crippen molar-refractivity contribution in [1.82, 2.24) is 9.88 Å². The number of phenols is 1. The summed E-state index contributed by atoms with van der Waals surface area (Å²) in [5, 5.41) is 12.2. The van der Waals surface area contributed by atoms with Crippen LogP contribution in [0.3, 0.4) is 0 Å². The second kappa shape index (κ2) is 8.13. The highest BCUT2D eigenvalue weighted by atomic mass is 79.9. The molecule has 2 N–H and O–H groups in total. The zero-order valence-electron chi connectivity index (χ0n) is 16.7. The van der Waals surface area contributed by atoms with Crippen molar-refractivity contribution in [2.75, 3.05) is 4.90 Å². The zero-order chi connectivity index (χ0) is 22.3. The van der Waals surface area contributed by atoms with E-state index in [9.17, 15) is 14.7 Å². The molecule has 6 nitrogen and oxygen atoms in total. The van der Waals surface area contributed by atoms with Gasteiger partial charge in [0.05, 0.1) is 5.69 Å². The Bertz CT molecular complexity index is 1240. The number of rotatable bonds is 3. The van der Waals surface area contributed by atoms with Gasteiger partial charge in [-0.25, -0.2) is 0 Å². The summed E-state index contributed by atoms with van der Waals surface area (Å²) in [5.41, 5.74) is 3.97. The minimum atomic E-state index is -0.530. The summed E-state index contributed by atoms with van der Waals surface area (Å²) >= 11 is 8.62. The van der Waals surface area contributed by atoms with Crippen LogP contribution >= 0.6 is 28.1 Å². The first kappa shape index (κ1) is 21.0. The van der Waals surface area contributed by atoms with Crippen molar-refractivity contribution in [3.63, 3.8) is 0 Å². The molecule has 4 rings (SSSR count). The van der Waals surface area contributed by atoms with E-state index in [0.29, 0.717) is 5.69 Å². The van der Waals surface area contributed by atoms with Crippen molar-refractivity contribution in [1.29, 1.82) is 0 Å². The van der Waals surface area contributed by atoms with Gasteiger partial charge >= 0.3 is 0 Å². The van der Waals surface area contributed by atoms with Crippen molar-refractivity contribution in [2.24, 2.45) is 0 Å². The van der Waals surface area contributed by atoms with Crippen LogP contribution in [0.5, 0.6) is 5.75 Å². The Morgan fingerprint density at radius 3 is 2.26 bits per heavy atom. The van der Waals surface area contributed by atoms with E-state index < -0.39 is 11.8 Å². The fraction of sp³-hybridized carbons (Fsp3) is 0.0870. The highest BCUT2D eigenvalue weighted by Gasteiger charge is 2.34. The van der Waals surface area contributed by atoms with Gasteiger partial charge in [0.2, 0.25) is 0 Å². The molecule has 0 unspecified atom stereocenters. The number of hydrogen-bond donors (Lipinski definition) is 2. The Balaban J connectivity index is 1.75. The number of amides is 2. The Hall–Kier alpha value is -3.23. The molecule has 31 heavy (non-hydrogen) atoms. The quantitative estimate of drug-likeness (QED) is 0.321. The van der Waals surface area contributed by atoms with Crippen LogP contribution < -0.4 is 10.2 Å². The molecule has 0 spiro atoms. The lowest BCUT2D eigenvalue weighted by atomic mass is 10.1. The van der Waals surface area contributed by atoms with Crippen molar-refractivity contribution in [3.05, 3.63) is 81.6 Å². The van der Waals surface area contributed by atoms with E-state index in [-0.39, 0.29) is 16.4 Å². The van der Waals surface area contributed by atoms with Crippen LogP contribution in [0, 0.1) is 13.8 Å². The maximum Gasteiger partial charge on any atom is 0.270 e. The number of aryl methyl sites for hydroxylation is 1. The number of halogens is 1. The van der Waals surface area contributed by atoms with E-state index in [1.807, 2.05) is 24.5 Å². The predicted molar refractivity (Wildman–Crippen MR) is 127 cm³/mol. The summed E-state index contributed by atoms with van der Waals surface area (Å²) in [5.74, 6) is -0.828. The second-order valence-corrected chi connectivity index (χ2v) is 8.41. The molecule has 3 aromatic rings. The Morgan fingerprint density at radius 2 is 1.61 bits per heavy atom. The first-order valence-corrected chi connectivity index (χ1v) is 10.6. The van der Waals surface area contributed by atoms with E-state index in [1.165, 1.54) is 4.90 Å². The average Bonchev–Trinajstić information content (AvgIpc) is 3.00. The molecule has 0 aliphatic carbocycles. The lowest BCUT2D eigenvalue weighted by Gasteiger charge is -2.29. The second-order valence-electron chi connectivity index (χ2n) is 7.11. The van der Waals surface area contributed by atoms with Crippen molar-refractivity contribution in [2.45, 2.75) is 13.8 Å². The lowest BCUT2D eigenvalue weighted by molar-refractivity contribution is -0.122. The Morgan fingerprint density at radius 1 is 1.00 bits per heavy atom. The van der Waals surface area contributed by atoms with E-state index >= 15 is 0 Å². The number of thiocarbonyl (C=S) groups is 1. The summed E-state index contributed by atoms with van der Waals surface area (Å²) < 4.78 is 2.86. The average molecular weight is 496 g/mol.